The summed E-state index contributed by atoms with van der Waals surface area (Å²) in [6, 6.07) is 8.18. The quantitative estimate of drug-likeness (QED) is 0.574. The third-order valence-electron chi connectivity index (χ3n) is 5.55. The topological polar surface area (TPSA) is 117 Å². The molecule has 0 unspecified atom stereocenters. The molecule has 1 heterocycles. The smallest absolute Gasteiger partial charge is 0.411 e. The van der Waals surface area contributed by atoms with Crippen molar-refractivity contribution in [3.05, 3.63) is 35.9 Å². The van der Waals surface area contributed by atoms with Gasteiger partial charge in [0, 0.05) is 19.6 Å². The molecule has 0 aromatic heterocycles. The number of aliphatic carboxylic acids is 1. The summed E-state index contributed by atoms with van der Waals surface area (Å²) < 4.78 is 10.7. The van der Waals surface area contributed by atoms with Crippen LogP contribution >= 0.6 is 0 Å². The number of carboxylic acids is 1. The van der Waals surface area contributed by atoms with Gasteiger partial charge < -0.3 is 24.6 Å². The van der Waals surface area contributed by atoms with Crippen molar-refractivity contribution >= 4 is 18.2 Å². The Hall–Kier alpha value is -2.81. The Kier molecular flexibility index (Phi) is 9.96. The number of benzene rings is 1. The molecule has 33 heavy (non-hydrogen) atoms. The number of likely N-dealkylation sites (tertiary alicyclic amines) is 1. The number of rotatable bonds is 9. The minimum absolute atomic E-state index is 0.172. The highest BCUT2D eigenvalue weighted by Crippen LogP contribution is 2.23. The van der Waals surface area contributed by atoms with E-state index < -0.39 is 30.3 Å². The van der Waals surface area contributed by atoms with Gasteiger partial charge in [0.15, 0.2) is 6.04 Å². The molecule has 0 bridgehead atoms. The van der Waals surface area contributed by atoms with Gasteiger partial charge in [-0.15, -0.1) is 0 Å². The van der Waals surface area contributed by atoms with E-state index in [1.807, 2.05) is 30.3 Å². The molecule has 0 radical (unpaired) electrons. The number of aliphatic hydroxyl groups excluding tert-OH is 1. The molecule has 9 heteroatoms. The van der Waals surface area contributed by atoms with E-state index in [0.29, 0.717) is 25.4 Å². The summed E-state index contributed by atoms with van der Waals surface area (Å²) in [5.74, 6) is -0.910. The number of nitrogens with zero attached hydrogens (tertiary/aromatic N) is 2. The van der Waals surface area contributed by atoms with Gasteiger partial charge in [-0.05, 0) is 57.9 Å². The van der Waals surface area contributed by atoms with Crippen molar-refractivity contribution in [2.24, 2.45) is 5.92 Å². The third-order valence-corrected chi connectivity index (χ3v) is 5.55. The zero-order valence-corrected chi connectivity index (χ0v) is 19.7. The number of hydrogen-bond acceptors (Lipinski definition) is 6. The van der Waals surface area contributed by atoms with E-state index >= 15 is 0 Å². The van der Waals surface area contributed by atoms with E-state index in [-0.39, 0.29) is 19.2 Å². The summed E-state index contributed by atoms with van der Waals surface area (Å²) in [5, 5.41) is 18.9. The predicted molar refractivity (Wildman–Crippen MR) is 122 cm³/mol. The lowest BCUT2D eigenvalue weighted by Gasteiger charge is -2.33. The van der Waals surface area contributed by atoms with Crippen LogP contribution in [0.15, 0.2) is 30.3 Å². The first-order valence-electron chi connectivity index (χ1n) is 11.4. The third kappa shape index (κ3) is 8.92. The van der Waals surface area contributed by atoms with E-state index in [1.54, 1.807) is 25.7 Å². The minimum Gasteiger partial charge on any atom is -0.480 e. The van der Waals surface area contributed by atoms with Crippen molar-refractivity contribution in [2.45, 2.75) is 64.7 Å². The second-order valence-electron chi connectivity index (χ2n) is 9.32. The van der Waals surface area contributed by atoms with Crippen molar-refractivity contribution in [3.63, 3.8) is 0 Å². The average Bonchev–Trinajstić information content (AvgIpc) is 2.76. The van der Waals surface area contributed by atoms with Gasteiger partial charge in [0.25, 0.3) is 0 Å². The van der Waals surface area contributed by atoms with Crippen molar-refractivity contribution in [3.8, 4) is 0 Å². The van der Waals surface area contributed by atoms with Gasteiger partial charge in [0.2, 0.25) is 0 Å². The Morgan fingerprint density at radius 3 is 2.33 bits per heavy atom. The van der Waals surface area contributed by atoms with Crippen LogP contribution in [0.25, 0.3) is 0 Å². The fourth-order valence-corrected chi connectivity index (χ4v) is 3.77. The maximum absolute atomic E-state index is 12.5. The van der Waals surface area contributed by atoms with Crippen molar-refractivity contribution in [2.75, 3.05) is 26.2 Å². The summed E-state index contributed by atoms with van der Waals surface area (Å²) in [5.41, 5.74) is 0.174. The van der Waals surface area contributed by atoms with Gasteiger partial charge in [-0.3, -0.25) is 4.90 Å². The molecule has 1 aromatic rings. The van der Waals surface area contributed by atoms with E-state index in [1.165, 1.54) is 0 Å². The Bertz CT molecular complexity index is 771. The molecule has 0 saturated carbocycles. The number of amides is 2. The first-order valence-corrected chi connectivity index (χ1v) is 11.4. The largest absolute Gasteiger partial charge is 0.480 e. The Morgan fingerprint density at radius 2 is 1.79 bits per heavy atom. The molecular weight excluding hydrogens is 428 g/mol. The first-order chi connectivity index (χ1) is 15.6. The van der Waals surface area contributed by atoms with Crippen molar-refractivity contribution < 1.29 is 34.1 Å². The van der Waals surface area contributed by atoms with Crippen LogP contribution in [0.1, 0.15) is 52.0 Å². The zero-order valence-electron chi connectivity index (χ0n) is 19.7. The predicted octanol–water partition coefficient (Wildman–Crippen LogP) is 3.50. The standard InChI is InChI=1S/C24H36N2O7/c1-24(2,3)33-23(31)26(20(16-27)21(28)29)13-7-10-18-11-14-25(15-12-18)22(30)32-17-19-8-5-4-6-9-19/h4-6,8-9,18,20,27H,7,10-17H2,1-3H3,(H,28,29)/t20-/m1/s1. The molecule has 1 fully saturated rings. The number of carboxylic acid groups (broad SMARTS) is 1. The molecule has 9 nitrogen and oxygen atoms in total. The van der Waals surface area contributed by atoms with Crippen LogP contribution in [0.2, 0.25) is 0 Å². The van der Waals surface area contributed by atoms with Crippen LogP contribution in [0.4, 0.5) is 9.59 Å². The van der Waals surface area contributed by atoms with Crippen LogP contribution in [-0.2, 0) is 20.9 Å². The van der Waals surface area contributed by atoms with E-state index in [4.69, 9.17) is 9.47 Å². The van der Waals surface area contributed by atoms with Crippen LogP contribution < -0.4 is 0 Å². The summed E-state index contributed by atoms with van der Waals surface area (Å²) in [6.45, 7) is 6.05. The molecule has 0 spiro atoms. The molecule has 1 aromatic carbocycles. The van der Waals surface area contributed by atoms with Gasteiger partial charge in [0.1, 0.15) is 12.2 Å². The first kappa shape index (κ1) is 26.4. The Balaban J connectivity index is 1.78. The van der Waals surface area contributed by atoms with Crippen LogP contribution in [0, 0.1) is 5.92 Å². The molecule has 184 valence electrons. The summed E-state index contributed by atoms with van der Waals surface area (Å²) in [6.07, 6.45) is 1.92. The summed E-state index contributed by atoms with van der Waals surface area (Å²) in [4.78, 5) is 39.1. The molecule has 1 saturated heterocycles. The van der Waals surface area contributed by atoms with Crippen LogP contribution in [0.5, 0.6) is 0 Å². The Morgan fingerprint density at radius 1 is 1.15 bits per heavy atom. The van der Waals surface area contributed by atoms with Crippen molar-refractivity contribution in [1.82, 2.24) is 9.80 Å². The second kappa shape index (κ2) is 12.4. The lowest BCUT2D eigenvalue weighted by atomic mass is 9.92. The van der Waals surface area contributed by atoms with Gasteiger partial charge in [0.05, 0.1) is 6.61 Å². The molecule has 1 aliphatic heterocycles. The maximum Gasteiger partial charge on any atom is 0.411 e. The summed E-state index contributed by atoms with van der Waals surface area (Å²) in [7, 11) is 0. The van der Waals surface area contributed by atoms with E-state index in [2.05, 4.69) is 0 Å². The monoisotopic (exact) mass is 464 g/mol. The van der Waals surface area contributed by atoms with Crippen LogP contribution in [0.3, 0.4) is 0 Å². The molecule has 2 N–H and O–H groups in total. The average molecular weight is 465 g/mol. The van der Waals surface area contributed by atoms with Crippen LogP contribution in [-0.4, -0.2) is 76.1 Å². The number of carbonyl (C=O) groups is 3. The van der Waals surface area contributed by atoms with Gasteiger partial charge in [-0.1, -0.05) is 30.3 Å². The van der Waals surface area contributed by atoms with Gasteiger partial charge in [-0.2, -0.15) is 0 Å². The maximum atomic E-state index is 12.5. The zero-order chi connectivity index (χ0) is 24.4. The number of hydrogen-bond donors (Lipinski definition) is 2. The second-order valence-corrected chi connectivity index (χ2v) is 9.32. The highest BCUT2D eigenvalue weighted by atomic mass is 16.6. The molecular formula is C24H36N2O7. The number of ether oxygens (including phenoxy) is 2. The lowest BCUT2D eigenvalue weighted by molar-refractivity contribution is -0.144. The minimum atomic E-state index is -1.35. The van der Waals surface area contributed by atoms with E-state index in [0.717, 1.165) is 29.7 Å². The Labute approximate surface area is 195 Å². The van der Waals surface area contributed by atoms with E-state index in [9.17, 15) is 24.6 Å². The lowest BCUT2D eigenvalue weighted by Crippen LogP contribution is -2.49. The summed E-state index contributed by atoms with van der Waals surface area (Å²) >= 11 is 0. The number of aliphatic hydroxyl groups is 1. The van der Waals surface area contributed by atoms with Gasteiger partial charge >= 0.3 is 18.2 Å². The highest BCUT2D eigenvalue weighted by molar-refractivity contribution is 5.80. The highest BCUT2D eigenvalue weighted by Gasteiger charge is 2.32. The molecule has 0 aliphatic carbocycles. The van der Waals surface area contributed by atoms with Gasteiger partial charge in [-0.25, -0.2) is 14.4 Å². The molecule has 1 atom stereocenters. The SMILES string of the molecule is CC(C)(C)OC(=O)N(CCCC1CCN(C(=O)OCc2ccccc2)CC1)[C@H](CO)C(=O)O. The fourth-order valence-electron chi connectivity index (χ4n) is 3.77. The fraction of sp³-hybridized carbons (Fsp3) is 0.625. The molecule has 2 amide bonds. The molecule has 1 aliphatic rings. The molecule has 2 rings (SSSR count). The normalized spacial score (nSPS) is 15.6. The number of piperidine rings is 1. The number of carbonyl (C=O) groups excluding carboxylic acids is 2. The van der Waals surface area contributed by atoms with Crippen molar-refractivity contribution in [1.29, 1.82) is 0 Å².